The minimum atomic E-state index is -0.753. The van der Waals surface area contributed by atoms with Gasteiger partial charge in [-0.05, 0) is 6.07 Å². The number of nitrogens with zero attached hydrogens (tertiary/aromatic N) is 2. The van der Waals surface area contributed by atoms with E-state index < -0.39 is 23.1 Å². The van der Waals surface area contributed by atoms with Crippen molar-refractivity contribution in [3.8, 4) is 6.07 Å². The van der Waals surface area contributed by atoms with Crippen LogP contribution < -0.4 is 5.73 Å². The molecule has 0 heterocycles. The smallest absolute Gasteiger partial charge is 0.267 e. The Morgan fingerprint density at radius 1 is 1.26 bits per heavy atom. The zero-order valence-corrected chi connectivity index (χ0v) is 10.5. The highest BCUT2D eigenvalue weighted by atomic mass is 16.3. The van der Waals surface area contributed by atoms with Gasteiger partial charge in [-0.25, -0.2) is 0 Å². The number of carbonyl (C=O) groups excluding carboxylic acids is 2. The number of carbonyl (C=O) groups is 2. The van der Waals surface area contributed by atoms with Crippen LogP contribution in [0, 0.1) is 11.3 Å². The quantitative estimate of drug-likeness (QED) is 0.472. The van der Waals surface area contributed by atoms with Crippen molar-refractivity contribution in [2.75, 3.05) is 14.1 Å². The van der Waals surface area contributed by atoms with Gasteiger partial charge < -0.3 is 15.7 Å². The summed E-state index contributed by atoms with van der Waals surface area (Å²) in [7, 11) is 2.90. The summed E-state index contributed by atoms with van der Waals surface area (Å²) >= 11 is 0. The van der Waals surface area contributed by atoms with Gasteiger partial charge in [0, 0.05) is 19.7 Å². The van der Waals surface area contributed by atoms with Crippen molar-refractivity contribution in [1.82, 2.24) is 4.90 Å². The minimum Gasteiger partial charge on any atom is -0.506 e. The summed E-state index contributed by atoms with van der Waals surface area (Å²) in [6, 6.07) is 7.58. The number of aliphatic hydroxyl groups excluding tert-OH is 1. The number of hydrogen-bond acceptors (Lipinski definition) is 4. The van der Waals surface area contributed by atoms with Gasteiger partial charge in [-0.15, -0.1) is 0 Å². The molecular weight excluding hydrogens is 246 g/mol. The van der Waals surface area contributed by atoms with Crippen LogP contribution >= 0.6 is 0 Å². The van der Waals surface area contributed by atoms with Crippen LogP contribution in [-0.4, -0.2) is 35.9 Å². The number of rotatable bonds is 3. The molecule has 0 aliphatic carbocycles. The molecule has 0 radical (unpaired) electrons. The summed E-state index contributed by atoms with van der Waals surface area (Å²) in [6.07, 6.45) is 0. The van der Waals surface area contributed by atoms with E-state index in [4.69, 9.17) is 11.0 Å². The highest BCUT2D eigenvalue weighted by Gasteiger charge is 2.21. The molecule has 0 aliphatic heterocycles. The number of primary amides is 1. The van der Waals surface area contributed by atoms with E-state index in [2.05, 4.69) is 0 Å². The van der Waals surface area contributed by atoms with Crippen LogP contribution in [0.15, 0.2) is 29.8 Å². The molecule has 6 heteroatoms. The van der Waals surface area contributed by atoms with Crippen molar-refractivity contribution in [3.63, 3.8) is 0 Å². The third kappa shape index (κ3) is 2.90. The summed E-state index contributed by atoms with van der Waals surface area (Å²) < 4.78 is 0. The first-order valence-corrected chi connectivity index (χ1v) is 5.34. The Bertz CT molecular complexity index is 597. The highest BCUT2D eigenvalue weighted by molar-refractivity contribution is 6.06. The maximum Gasteiger partial charge on any atom is 0.267 e. The van der Waals surface area contributed by atoms with Crippen LogP contribution in [0.5, 0.6) is 0 Å². The molecule has 6 nitrogen and oxygen atoms in total. The van der Waals surface area contributed by atoms with Gasteiger partial charge >= 0.3 is 0 Å². The fourth-order valence-electron chi connectivity index (χ4n) is 1.46. The summed E-state index contributed by atoms with van der Waals surface area (Å²) in [6.45, 7) is 0. The molecule has 3 N–H and O–H groups in total. The van der Waals surface area contributed by atoms with E-state index in [1.165, 1.54) is 26.2 Å². The topological polar surface area (TPSA) is 107 Å². The monoisotopic (exact) mass is 259 g/mol. The third-order valence-electron chi connectivity index (χ3n) is 2.42. The van der Waals surface area contributed by atoms with Crippen LogP contribution in [0.25, 0.3) is 5.76 Å². The Morgan fingerprint density at radius 3 is 2.21 bits per heavy atom. The first-order valence-electron chi connectivity index (χ1n) is 5.34. The third-order valence-corrected chi connectivity index (χ3v) is 2.42. The Hall–Kier alpha value is -2.81. The van der Waals surface area contributed by atoms with Crippen molar-refractivity contribution < 1.29 is 14.7 Å². The second-order valence-corrected chi connectivity index (χ2v) is 3.94. The molecule has 0 bridgehead atoms. The van der Waals surface area contributed by atoms with Crippen molar-refractivity contribution in [2.24, 2.45) is 5.73 Å². The van der Waals surface area contributed by atoms with Gasteiger partial charge in [0.15, 0.2) is 5.57 Å². The maximum atomic E-state index is 11.7. The summed E-state index contributed by atoms with van der Waals surface area (Å²) in [4.78, 5) is 24.1. The van der Waals surface area contributed by atoms with E-state index >= 15 is 0 Å². The zero-order chi connectivity index (χ0) is 14.6. The van der Waals surface area contributed by atoms with Crippen molar-refractivity contribution in [1.29, 1.82) is 5.26 Å². The van der Waals surface area contributed by atoms with Gasteiger partial charge in [-0.3, -0.25) is 9.59 Å². The summed E-state index contributed by atoms with van der Waals surface area (Å²) in [5, 5.41) is 19.0. The van der Waals surface area contributed by atoms with Crippen LogP contribution in [0.4, 0.5) is 0 Å². The first kappa shape index (κ1) is 14.3. The largest absolute Gasteiger partial charge is 0.506 e. The van der Waals surface area contributed by atoms with Gasteiger partial charge in [-0.2, -0.15) is 5.26 Å². The average molecular weight is 259 g/mol. The fraction of sp³-hybridized carbons (Fsp3) is 0.154. The molecule has 1 rings (SSSR count). The Labute approximate surface area is 110 Å². The number of benzene rings is 1. The fourth-order valence-corrected chi connectivity index (χ4v) is 1.46. The lowest BCUT2D eigenvalue weighted by Crippen LogP contribution is -2.24. The van der Waals surface area contributed by atoms with Crippen LogP contribution in [-0.2, 0) is 4.79 Å². The second kappa shape index (κ2) is 5.69. The molecule has 0 fully saturated rings. The van der Waals surface area contributed by atoms with Crippen LogP contribution in [0.2, 0.25) is 0 Å². The molecule has 1 aromatic carbocycles. The maximum absolute atomic E-state index is 11.7. The summed E-state index contributed by atoms with van der Waals surface area (Å²) in [5.41, 5.74) is 4.83. The van der Waals surface area contributed by atoms with Gasteiger partial charge in [0.05, 0.1) is 5.56 Å². The molecule has 0 saturated carbocycles. The number of likely N-dealkylation sites (N-methyl/N-ethyl adjacent to an activating group) is 1. The number of aliphatic hydroxyl groups is 1. The molecule has 19 heavy (non-hydrogen) atoms. The highest BCUT2D eigenvalue weighted by Crippen LogP contribution is 2.20. The predicted octanol–water partition coefficient (Wildman–Crippen LogP) is 0.666. The van der Waals surface area contributed by atoms with E-state index in [-0.39, 0.29) is 11.1 Å². The Kier molecular flexibility index (Phi) is 4.27. The Balaban J connectivity index is 3.48. The molecule has 1 aromatic rings. The number of hydrogen-bond donors (Lipinski definition) is 2. The lowest BCUT2D eigenvalue weighted by Gasteiger charge is -2.11. The number of amides is 2. The molecule has 0 saturated heterocycles. The lowest BCUT2D eigenvalue weighted by molar-refractivity contribution is -0.124. The van der Waals surface area contributed by atoms with Gasteiger partial charge in [0.2, 0.25) is 5.91 Å². The van der Waals surface area contributed by atoms with Gasteiger partial charge in [0.25, 0.3) is 5.91 Å². The SMILES string of the molecule is CN(C)C(=O)C(C#N)=C(O)c1ccccc1C(N)=O. The standard InChI is InChI=1S/C13H13N3O3/c1-16(2)13(19)10(7-14)11(17)8-5-3-4-6-9(8)12(15)18/h3-6,17H,1-2H3,(H2,15,18). The number of nitrogens with two attached hydrogens (primary N) is 1. The van der Waals surface area contributed by atoms with E-state index in [9.17, 15) is 14.7 Å². The molecule has 2 amide bonds. The molecule has 0 aliphatic rings. The molecule has 0 aromatic heterocycles. The van der Waals surface area contributed by atoms with E-state index in [1.807, 2.05) is 0 Å². The minimum absolute atomic E-state index is 0.0410. The molecule has 98 valence electrons. The Morgan fingerprint density at radius 2 is 1.79 bits per heavy atom. The second-order valence-electron chi connectivity index (χ2n) is 3.94. The van der Waals surface area contributed by atoms with E-state index in [0.29, 0.717) is 0 Å². The molecule has 0 atom stereocenters. The van der Waals surface area contributed by atoms with Crippen LogP contribution in [0.1, 0.15) is 15.9 Å². The lowest BCUT2D eigenvalue weighted by atomic mass is 10.0. The normalized spacial score (nSPS) is 11.2. The summed E-state index contributed by atoms with van der Waals surface area (Å²) in [5.74, 6) is -1.97. The first-order chi connectivity index (χ1) is 8.90. The molecule has 0 spiro atoms. The van der Waals surface area contributed by atoms with Crippen molar-refractivity contribution >= 4 is 17.6 Å². The van der Waals surface area contributed by atoms with Crippen LogP contribution in [0.3, 0.4) is 0 Å². The predicted molar refractivity (Wildman–Crippen MR) is 68.8 cm³/mol. The van der Waals surface area contributed by atoms with Gasteiger partial charge in [0.1, 0.15) is 11.8 Å². The molecular formula is C13H13N3O3. The number of nitriles is 1. The van der Waals surface area contributed by atoms with Crippen molar-refractivity contribution in [3.05, 3.63) is 41.0 Å². The van der Waals surface area contributed by atoms with E-state index in [1.54, 1.807) is 18.2 Å². The average Bonchev–Trinajstić information content (AvgIpc) is 2.39. The van der Waals surface area contributed by atoms with Gasteiger partial charge in [-0.1, -0.05) is 18.2 Å². The van der Waals surface area contributed by atoms with E-state index in [0.717, 1.165) is 4.90 Å². The molecule has 0 unspecified atom stereocenters. The van der Waals surface area contributed by atoms with Crippen molar-refractivity contribution in [2.45, 2.75) is 0 Å². The zero-order valence-electron chi connectivity index (χ0n) is 10.5.